The van der Waals surface area contributed by atoms with E-state index in [1.807, 2.05) is 0 Å². The van der Waals surface area contributed by atoms with E-state index >= 15 is 0 Å². The van der Waals surface area contributed by atoms with Gasteiger partial charge in [-0.3, -0.25) is 4.90 Å². The second-order valence-electron chi connectivity index (χ2n) is 4.94. The summed E-state index contributed by atoms with van der Waals surface area (Å²) in [6, 6.07) is 1.29. The first-order chi connectivity index (χ1) is 7.69. The molecule has 0 bridgehead atoms. The molecule has 1 aliphatic rings. The molecule has 16 heavy (non-hydrogen) atoms. The minimum Gasteiger partial charge on any atom is -0.380 e. The second-order valence-corrected chi connectivity index (χ2v) is 4.94. The van der Waals surface area contributed by atoms with Crippen LogP contribution < -0.4 is 5.32 Å². The molecule has 1 saturated heterocycles. The summed E-state index contributed by atoms with van der Waals surface area (Å²) < 4.78 is 5.44. The molecule has 1 rings (SSSR count). The lowest BCUT2D eigenvalue weighted by Crippen LogP contribution is -2.57. The Bertz CT molecular complexity index is 187. The highest BCUT2D eigenvalue weighted by molar-refractivity contribution is 4.86. The van der Waals surface area contributed by atoms with Crippen LogP contribution in [0.15, 0.2) is 0 Å². The quantitative estimate of drug-likeness (QED) is 0.701. The molecule has 3 heteroatoms. The molecular weight excluding hydrogens is 200 g/mol. The van der Waals surface area contributed by atoms with E-state index in [-0.39, 0.29) is 0 Å². The third kappa shape index (κ3) is 4.04. The smallest absolute Gasteiger partial charge is 0.0593 e. The largest absolute Gasteiger partial charge is 0.380 e. The van der Waals surface area contributed by atoms with Crippen LogP contribution in [0.2, 0.25) is 0 Å². The first kappa shape index (κ1) is 13.9. The van der Waals surface area contributed by atoms with E-state index in [2.05, 4.69) is 37.9 Å². The third-order valence-corrected chi connectivity index (χ3v) is 3.79. The van der Waals surface area contributed by atoms with Crippen molar-refractivity contribution < 1.29 is 4.74 Å². The van der Waals surface area contributed by atoms with Gasteiger partial charge < -0.3 is 10.1 Å². The van der Waals surface area contributed by atoms with E-state index in [0.29, 0.717) is 12.1 Å². The number of rotatable bonds is 6. The Hall–Kier alpha value is -0.120. The topological polar surface area (TPSA) is 24.5 Å². The Morgan fingerprint density at radius 3 is 2.81 bits per heavy atom. The minimum atomic E-state index is 0.640. The molecule has 0 aromatic heterocycles. The zero-order valence-corrected chi connectivity index (χ0v) is 11.3. The molecule has 1 aliphatic heterocycles. The van der Waals surface area contributed by atoms with Gasteiger partial charge in [-0.2, -0.15) is 0 Å². The molecule has 0 amide bonds. The van der Waals surface area contributed by atoms with Gasteiger partial charge >= 0.3 is 0 Å². The predicted molar refractivity (Wildman–Crippen MR) is 68.8 cm³/mol. The number of piperazine rings is 1. The van der Waals surface area contributed by atoms with E-state index in [1.165, 1.54) is 13.0 Å². The molecule has 0 aromatic rings. The van der Waals surface area contributed by atoms with Crippen LogP contribution in [-0.2, 0) is 4.74 Å². The molecule has 1 fully saturated rings. The zero-order chi connectivity index (χ0) is 12.0. The van der Waals surface area contributed by atoms with Crippen LogP contribution in [0.4, 0.5) is 0 Å². The molecule has 3 nitrogen and oxygen atoms in total. The molecule has 1 N–H and O–H groups in total. The maximum absolute atomic E-state index is 5.44. The van der Waals surface area contributed by atoms with Gasteiger partial charge in [0.05, 0.1) is 6.61 Å². The van der Waals surface area contributed by atoms with Gasteiger partial charge in [0.25, 0.3) is 0 Å². The Balaban J connectivity index is 2.35. The van der Waals surface area contributed by atoms with E-state index in [1.54, 1.807) is 0 Å². The molecule has 1 heterocycles. The number of ether oxygens (including phenoxy) is 1. The fourth-order valence-electron chi connectivity index (χ4n) is 2.25. The van der Waals surface area contributed by atoms with E-state index in [9.17, 15) is 0 Å². The van der Waals surface area contributed by atoms with Crippen molar-refractivity contribution in [1.82, 2.24) is 10.2 Å². The van der Waals surface area contributed by atoms with Crippen molar-refractivity contribution in [2.45, 2.75) is 46.2 Å². The van der Waals surface area contributed by atoms with Gasteiger partial charge in [0.15, 0.2) is 0 Å². The van der Waals surface area contributed by atoms with Gasteiger partial charge in [-0.25, -0.2) is 0 Å². The van der Waals surface area contributed by atoms with Gasteiger partial charge in [-0.05, 0) is 19.8 Å². The summed E-state index contributed by atoms with van der Waals surface area (Å²) in [5.41, 5.74) is 0. The van der Waals surface area contributed by atoms with Crippen LogP contribution in [-0.4, -0.2) is 49.8 Å². The second kappa shape index (κ2) is 7.25. The number of nitrogens with one attached hydrogen (secondary N) is 1. The van der Waals surface area contributed by atoms with Crippen molar-refractivity contribution in [3.05, 3.63) is 0 Å². The zero-order valence-electron chi connectivity index (χ0n) is 11.3. The molecule has 0 spiro atoms. The van der Waals surface area contributed by atoms with Gasteiger partial charge in [-0.1, -0.05) is 20.3 Å². The van der Waals surface area contributed by atoms with Gasteiger partial charge in [0.2, 0.25) is 0 Å². The maximum Gasteiger partial charge on any atom is 0.0593 e. The van der Waals surface area contributed by atoms with Gasteiger partial charge in [0.1, 0.15) is 0 Å². The summed E-state index contributed by atoms with van der Waals surface area (Å²) in [6.07, 6.45) is 1.26. The molecule has 3 unspecified atom stereocenters. The van der Waals surface area contributed by atoms with E-state index in [4.69, 9.17) is 4.74 Å². The molecule has 0 aliphatic carbocycles. The lowest BCUT2D eigenvalue weighted by molar-refractivity contribution is 0.0670. The lowest BCUT2D eigenvalue weighted by atomic mass is 9.96. The van der Waals surface area contributed by atoms with Crippen molar-refractivity contribution in [2.24, 2.45) is 5.92 Å². The molecule has 3 atom stereocenters. The molecule has 0 saturated carbocycles. The van der Waals surface area contributed by atoms with E-state index < -0.39 is 0 Å². The molecule has 96 valence electrons. The van der Waals surface area contributed by atoms with Gasteiger partial charge in [-0.15, -0.1) is 0 Å². The Labute approximate surface area is 101 Å². The van der Waals surface area contributed by atoms with Crippen molar-refractivity contribution in [1.29, 1.82) is 0 Å². The average Bonchev–Trinajstić information content (AvgIpc) is 2.31. The standard InChI is InChI=1S/C13H28N2O/c1-5-11(3)13-10-15(7-8-16-6-2)12(4)9-14-13/h11-14H,5-10H2,1-4H3. The highest BCUT2D eigenvalue weighted by atomic mass is 16.5. The third-order valence-electron chi connectivity index (χ3n) is 3.79. The Kier molecular flexibility index (Phi) is 6.32. The predicted octanol–water partition coefficient (Wildman–Crippen LogP) is 1.73. The summed E-state index contributed by atoms with van der Waals surface area (Å²) in [6.45, 7) is 14.0. The summed E-state index contributed by atoms with van der Waals surface area (Å²) in [4.78, 5) is 2.56. The molecule has 0 radical (unpaired) electrons. The number of hydrogen-bond acceptors (Lipinski definition) is 3. The highest BCUT2D eigenvalue weighted by Gasteiger charge is 2.27. The lowest BCUT2D eigenvalue weighted by Gasteiger charge is -2.40. The van der Waals surface area contributed by atoms with Crippen molar-refractivity contribution in [2.75, 3.05) is 32.8 Å². The van der Waals surface area contributed by atoms with Crippen LogP contribution in [0, 0.1) is 5.92 Å². The molecular formula is C13H28N2O. The first-order valence-electron chi connectivity index (χ1n) is 6.74. The number of nitrogens with zero attached hydrogens (tertiary/aromatic N) is 1. The maximum atomic E-state index is 5.44. The van der Waals surface area contributed by atoms with Crippen LogP contribution in [0.3, 0.4) is 0 Å². The highest BCUT2D eigenvalue weighted by Crippen LogP contribution is 2.15. The Morgan fingerprint density at radius 2 is 2.19 bits per heavy atom. The van der Waals surface area contributed by atoms with Crippen LogP contribution in [0.5, 0.6) is 0 Å². The fraction of sp³-hybridized carbons (Fsp3) is 1.00. The Morgan fingerprint density at radius 1 is 1.44 bits per heavy atom. The van der Waals surface area contributed by atoms with Gasteiger partial charge in [0, 0.05) is 38.3 Å². The van der Waals surface area contributed by atoms with Crippen molar-refractivity contribution in [3.63, 3.8) is 0 Å². The van der Waals surface area contributed by atoms with Crippen LogP contribution in [0.25, 0.3) is 0 Å². The minimum absolute atomic E-state index is 0.640. The van der Waals surface area contributed by atoms with Crippen molar-refractivity contribution >= 4 is 0 Å². The molecule has 0 aromatic carbocycles. The average molecular weight is 228 g/mol. The summed E-state index contributed by atoms with van der Waals surface area (Å²) in [5, 5.41) is 3.66. The van der Waals surface area contributed by atoms with Crippen molar-refractivity contribution in [3.8, 4) is 0 Å². The summed E-state index contributed by atoms with van der Waals surface area (Å²) in [5.74, 6) is 0.766. The normalized spacial score (nSPS) is 29.2. The van der Waals surface area contributed by atoms with E-state index in [0.717, 1.165) is 32.2 Å². The van der Waals surface area contributed by atoms with Crippen LogP contribution in [0.1, 0.15) is 34.1 Å². The monoisotopic (exact) mass is 228 g/mol. The summed E-state index contributed by atoms with van der Waals surface area (Å²) >= 11 is 0. The first-order valence-corrected chi connectivity index (χ1v) is 6.74. The fourth-order valence-corrected chi connectivity index (χ4v) is 2.25. The SMILES string of the molecule is CCOCCN1CC(C(C)CC)NCC1C. The van der Waals surface area contributed by atoms with Crippen LogP contribution >= 0.6 is 0 Å². The summed E-state index contributed by atoms with van der Waals surface area (Å²) in [7, 11) is 0. The number of hydrogen-bond donors (Lipinski definition) is 1.